The minimum atomic E-state index is -0.545. The van der Waals surface area contributed by atoms with E-state index in [4.69, 9.17) is 9.47 Å². The number of nitrogens with zero attached hydrogens (tertiary/aromatic N) is 2. The van der Waals surface area contributed by atoms with Gasteiger partial charge >= 0.3 is 5.97 Å². The minimum Gasteiger partial charge on any atom is -0.497 e. The zero-order chi connectivity index (χ0) is 20.5. The van der Waals surface area contributed by atoms with Crippen LogP contribution in [-0.2, 0) is 9.53 Å². The lowest BCUT2D eigenvalue weighted by Gasteiger charge is -2.22. The average molecular weight is 427 g/mol. The van der Waals surface area contributed by atoms with Gasteiger partial charge in [0, 0.05) is 4.88 Å². The van der Waals surface area contributed by atoms with Gasteiger partial charge in [0.25, 0.3) is 5.56 Å². The van der Waals surface area contributed by atoms with Crippen molar-refractivity contribution in [2.24, 2.45) is 4.99 Å². The highest BCUT2D eigenvalue weighted by atomic mass is 32.1. The lowest BCUT2D eigenvalue weighted by atomic mass is 10.0. The van der Waals surface area contributed by atoms with E-state index in [2.05, 4.69) is 4.99 Å². The Labute approximate surface area is 174 Å². The van der Waals surface area contributed by atoms with Crippen LogP contribution in [0.25, 0.3) is 6.08 Å². The van der Waals surface area contributed by atoms with Gasteiger partial charge < -0.3 is 9.47 Å². The highest BCUT2D eigenvalue weighted by Crippen LogP contribution is 2.32. The molecule has 0 saturated carbocycles. The fourth-order valence-corrected chi connectivity index (χ4v) is 5.13. The van der Waals surface area contributed by atoms with Crippen molar-refractivity contribution >= 4 is 34.7 Å². The van der Waals surface area contributed by atoms with E-state index in [-0.39, 0.29) is 5.56 Å². The molecular formula is C21H18N2O4S2. The summed E-state index contributed by atoms with van der Waals surface area (Å²) in [6.45, 7) is 1.77. The van der Waals surface area contributed by atoms with Crippen molar-refractivity contribution < 1.29 is 14.3 Å². The fourth-order valence-electron chi connectivity index (χ4n) is 3.26. The maximum absolute atomic E-state index is 13.3. The summed E-state index contributed by atoms with van der Waals surface area (Å²) in [5, 5.41) is 1.92. The Balaban J connectivity index is 1.92. The molecule has 1 aromatic carbocycles. The van der Waals surface area contributed by atoms with Gasteiger partial charge in [0.2, 0.25) is 0 Å². The third kappa shape index (κ3) is 3.45. The summed E-state index contributed by atoms with van der Waals surface area (Å²) in [4.78, 5) is 31.8. The smallest absolute Gasteiger partial charge is 0.338 e. The third-order valence-electron chi connectivity index (χ3n) is 4.65. The number of allylic oxidation sites excluding steroid dienone is 1. The Hall–Kier alpha value is -2.97. The standard InChI is InChI=1S/C21H18N2O4S2/c1-12-17(20(25)27-3)18(15-5-4-10-28-15)23-19(24)16(29-21(23)22-12)11-13-6-8-14(26-2)9-7-13/h4-11,18H,1-3H3. The number of thiophene rings is 1. The molecule has 0 aliphatic carbocycles. The molecule has 3 heterocycles. The molecule has 0 radical (unpaired) electrons. The SMILES string of the molecule is COC(=O)C1=C(C)N=c2sc(=Cc3ccc(OC)cc3)c(=O)n2C1c1cccs1. The predicted octanol–water partition coefficient (Wildman–Crippen LogP) is 2.48. The third-order valence-corrected chi connectivity index (χ3v) is 6.56. The van der Waals surface area contributed by atoms with Crippen molar-refractivity contribution in [3.63, 3.8) is 0 Å². The molecule has 8 heteroatoms. The van der Waals surface area contributed by atoms with Crippen LogP contribution in [0.2, 0.25) is 0 Å². The first kappa shape index (κ1) is 19.4. The van der Waals surface area contributed by atoms with E-state index in [1.54, 1.807) is 18.6 Å². The van der Waals surface area contributed by atoms with Gasteiger partial charge in [0.05, 0.1) is 30.0 Å². The summed E-state index contributed by atoms with van der Waals surface area (Å²) in [6, 6.07) is 10.7. The Bertz CT molecular complexity index is 1270. The molecule has 0 saturated heterocycles. The van der Waals surface area contributed by atoms with Crippen molar-refractivity contribution in [2.75, 3.05) is 14.2 Å². The summed E-state index contributed by atoms with van der Waals surface area (Å²) in [6.07, 6.45) is 1.83. The van der Waals surface area contributed by atoms with E-state index in [0.717, 1.165) is 16.2 Å². The molecule has 0 amide bonds. The number of ether oxygens (including phenoxy) is 2. The first-order valence-corrected chi connectivity index (χ1v) is 10.5. The Morgan fingerprint density at radius 3 is 2.59 bits per heavy atom. The summed E-state index contributed by atoms with van der Waals surface area (Å²) in [5.74, 6) is 0.272. The lowest BCUT2D eigenvalue weighted by molar-refractivity contribution is -0.136. The highest BCUT2D eigenvalue weighted by Gasteiger charge is 2.33. The van der Waals surface area contributed by atoms with Gasteiger partial charge in [-0.3, -0.25) is 9.36 Å². The van der Waals surface area contributed by atoms with Crippen LogP contribution in [0, 0.1) is 0 Å². The Morgan fingerprint density at radius 2 is 1.97 bits per heavy atom. The first-order chi connectivity index (χ1) is 14.0. The number of benzene rings is 1. The topological polar surface area (TPSA) is 69.9 Å². The first-order valence-electron chi connectivity index (χ1n) is 8.82. The van der Waals surface area contributed by atoms with E-state index < -0.39 is 12.0 Å². The Morgan fingerprint density at radius 1 is 1.21 bits per heavy atom. The minimum absolute atomic E-state index is 0.183. The van der Waals surface area contributed by atoms with Crippen LogP contribution in [0.4, 0.5) is 0 Å². The van der Waals surface area contributed by atoms with Crippen LogP contribution in [0.5, 0.6) is 5.75 Å². The number of thiazole rings is 1. The number of fused-ring (bicyclic) bond motifs is 1. The summed E-state index contributed by atoms with van der Waals surface area (Å²) in [5.41, 5.74) is 1.65. The molecule has 148 valence electrons. The molecule has 4 rings (SSSR count). The molecule has 1 unspecified atom stereocenters. The lowest BCUT2D eigenvalue weighted by Crippen LogP contribution is -2.39. The average Bonchev–Trinajstić information content (AvgIpc) is 3.36. The van der Waals surface area contributed by atoms with E-state index in [1.165, 1.54) is 29.8 Å². The molecule has 6 nitrogen and oxygen atoms in total. The van der Waals surface area contributed by atoms with Gasteiger partial charge in [0.1, 0.15) is 11.8 Å². The number of rotatable bonds is 4. The van der Waals surface area contributed by atoms with Gasteiger partial charge in [-0.2, -0.15) is 0 Å². The number of aromatic nitrogens is 1. The fraction of sp³-hybridized carbons (Fsp3) is 0.190. The van der Waals surface area contributed by atoms with Gasteiger partial charge in [-0.05, 0) is 42.1 Å². The predicted molar refractivity (Wildman–Crippen MR) is 113 cm³/mol. The van der Waals surface area contributed by atoms with Crippen LogP contribution in [-0.4, -0.2) is 24.8 Å². The van der Waals surface area contributed by atoms with Crippen LogP contribution < -0.4 is 19.6 Å². The molecular weight excluding hydrogens is 408 g/mol. The molecule has 3 aromatic rings. The van der Waals surface area contributed by atoms with E-state index >= 15 is 0 Å². The van der Waals surface area contributed by atoms with E-state index in [9.17, 15) is 9.59 Å². The molecule has 1 aliphatic heterocycles. The van der Waals surface area contributed by atoms with Gasteiger partial charge in [0.15, 0.2) is 4.80 Å². The zero-order valence-corrected chi connectivity index (χ0v) is 17.7. The van der Waals surface area contributed by atoms with Crippen LogP contribution in [0.3, 0.4) is 0 Å². The molecule has 0 spiro atoms. The van der Waals surface area contributed by atoms with Crippen LogP contribution in [0.1, 0.15) is 23.4 Å². The van der Waals surface area contributed by atoms with Crippen molar-refractivity contribution in [3.05, 3.63) is 83.2 Å². The van der Waals surface area contributed by atoms with Gasteiger partial charge in [-0.25, -0.2) is 9.79 Å². The van der Waals surface area contributed by atoms with E-state index in [0.29, 0.717) is 20.6 Å². The largest absolute Gasteiger partial charge is 0.497 e. The second kappa shape index (κ2) is 7.81. The second-order valence-electron chi connectivity index (χ2n) is 6.36. The van der Waals surface area contributed by atoms with Crippen molar-refractivity contribution in [3.8, 4) is 5.75 Å². The monoisotopic (exact) mass is 426 g/mol. The number of hydrogen-bond acceptors (Lipinski definition) is 7. The zero-order valence-electron chi connectivity index (χ0n) is 16.0. The van der Waals surface area contributed by atoms with Crippen molar-refractivity contribution in [2.45, 2.75) is 13.0 Å². The quantitative estimate of drug-likeness (QED) is 0.601. The molecule has 29 heavy (non-hydrogen) atoms. The number of carbonyl (C=O) groups excluding carboxylic acids is 1. The maximum atomic E-state index is 13.3. The molecule has 1 aliphatic rings. The van der Waals surface area contributed by atoms with E-state index in [1.807, 2.05) is 47.9 Å². The molecule has 0 N–H and O–H groups in total. The molecule has 0 bridgehead atoms. The maximum Gasteiger partial charge on any atom is 0.338 e. The second-order valence-corrected chi connectivity index (χ2v) is 8.35. The van der Waals surface area contributed by atoms with Gasteiger partial charge in [-0.1, -0.05) is 29.5 Å². The molecule has 0 fully saturated rings. The molecule has 1 atom stereocenters. The molecule has 2 aromatic heterocycles. The van der Waals surface area contributed by atoms with Crippen molar-refractivity contribution in [1.82, 2.24) is 4.57 Å². The number of carbonyl (C=O) groups is 1. The Kier molecular flexibility index (Phi) is 5.21. The summed E-state index contributed by atoms with van der Waals surface area (Å²) >= 11 is 2.80. The number of methoxy groups -OCH3 is 2. The normalized spacial score (nSPS) is 16.4. The summed E-state index contributed by atoms with van der Waals surface area (Å²) < 4.78 is 12.3. The van der Waals surface area contributed by atoms with Crippen molar-refractivity contribution in [1.29, 1.82) is 0 Å². The number of esters is 1. The van der Waals surface area contributed by atoms with Crippen LogP contribution in [0.15, 0.2) is 62.8 Å². The van der Waals surface area contributed by atoms with Crippen LogP contribution >= 0.6 is 22.7 Å². The highest BCUT2D eigenvalue weighted by molar-refractivity contribution is 7.10. The van der Waals surface area contributed by atoms with Gasteiger partial charge in [-0.15, -0.1) is 11.3 Å². The number of hydrogen-bond donors (Lipinski definition) is 0. The summed E-state index contributed by atoms with van der Waals surface area (Å²) in [7, 11) is 2.95.